The molecule has 3 nitrogen and oxygen atoms in total. The summed E-state index contributed by atoms with van der Waals surface area (Å²) >= 11 is 0. The van der Waals surface area contributed by atoms with Crippen molar-refractivity contribution in [3.05, 3.63) is 42.2 Å². The third kappa shape index (κ3) is 1.91. The summed E-state index contributed by atoms with van der Waals surface area (Å²) in [6, 6.07) is 3.41. The van der Waals surface area contributed by atoms with Crippen LogP contribution in [0, 0.1) is 5.82 Å². The third-order valence-electron chi connectivity index (χ3n) is 2.11. The smallest absolute Gasteiger partial charge is 0.223 e. The average Bonchev–Trinajstić information content (AvgIpc) is 2.69. The molecule has 0 aliphatic carbocycles. The van der Waals surface area contributed by atoms with E-state index in [1.165, 1.54) is 23.4 Å². The Balaban J connectivity index is 2.52. The first-order valence-electron chi connectivity index (χ1n) is 4.51. The molecule has 0 amide bonds. The van der Waals surface area contributed by atoms with Gasteiger partial charge in [0, 0.05) is 6.92 Å². The monoisotopic (exact) mass is 227 g/mol. The van der Waals surface area contributed by atoms with E-state index in [2.05, 4.69) is 10.1 Å². The number of hydrogen-bond donors (Lipinski definition) is 0. The molecule has 1 aromatic heterocycles. The number of rotatable bonds is 2. The molecule has 0 bridgehead atoms. The zero-order valence-electron chi connectivity index (χ0n) is 8.36. The molecule has 0 radical (unpaired) electrons. The van der Waals surface area contributed by atoms with Crippen molar-refractivity contribution in [2.24, 2.45) is 0 Å². The molecule has 0 aliphatic rings. The number of hydrogen-bond acceptors (Lipinski definition) is 2. The van der Waals surface area contributed by atoms with E-state index in [-0.39, 0.29) is 0 Å². The van der Waals surface area contributed by atoms with Gasteiger partial charge in [0.05, 0.1) is 11.3 Å². The second kappa shape index (κ2) is 3.62. The van der Waals surface area contributed by atoms with Gasteiger partial charge in [0.25, 0.3) is 5.92 Å². The van der Waals surface area contributed by atoms with E-state index in [0.29, 0.717) is 12.6 Å². The van der Waals surface area contributed by atoms with E-state index in [4.69, 9.17) is 0 Å². The van der Waals surface area contributed by atoms with Crippen LogP contribution in [0.1, 0.15) is 12.5 Å². The van der Waals surface area contributed by atoms with Crippen molar-refractivity contribution in [3.63, 3.8) is 0 Å². The van der Waals surface area contributed by atoms with Crippen LogP contribution in [0.15, 0.2) is 30.9 Å². The van der Waals surface area contributed by atoms with Gasteiger partial charge in [-0.05, 0) is 18.2 Å². The first-order valence-corrected chi connectivity index (χ1v) is 4.51. The van der Waals surface area contributed by atoms with Crippen LogP contribution in [0.5, 0.6) is 0 Å². The topological polar surface area (TPSA) is 30.7 Å². The fourth-order valence-corrected chi connectivity index (χ4v) is 1.33. The highest BCUT2D eigenvalue weighted by atomic mass is 19.3. The Bertz CT molecular complexity index is 489. The molecule has 6 heteroatoms. The van der Waals surface area contributed by atoms with Crippen LogP contribution in [-0.4, -0.2) is 14.8 Å². The molecule has 0 saturated heterocycles. The summed E-state index contributed by atoms with van der Waals surface area (Å²) in [6.45, 7) is 0.649. The lowest BCUT2D eigenvalue weighted by Gasteiger charge is -2.12. The Kier molecular flexibility index (Phi) is 2.41. The molecule has 2 aromatic rings. The van der Waals surface area contributed by atoms with Crippen molar-refractivity contribution < 1.29 is 13.2 Å². The second-order valence-corrected chi connectivity index (χ2v) is 3.39. The van der Waals surface area contributed by atoms with Crippen LogP contribution in [0.3, 0.4) is 0 Å². The fourth-order valence-electron chi connectivity index (χ4n) is 1.33. The Morgan fingerprint density at radius 1 is 1.31 bits per heavy atom. The normalized spacial score (nSPS) is 11.8. The Hall–Kier alpha value is -1.85. The molecule has 0 saturated carbocycles. The minimum absolute atomic E-state index is 0.343. The summed E-state index contributed by atoms with van der Waals surface area (Å²) in [7, 11) is 0. The lowest BCUT2D eigenvalue weighted by Crippen LogP contribution is -2.11. The number of aromatic nitrogens is 3. The first kappa shape index (κ1) is 10.7. The van der Waals surface area contributed by atoms with Gasteiger partial charge in [-0.25, -0.2) is 22.8 Å². The molecule has 1 aromatic carbocycles. The zero-order chi connectivity index (χ0) is 11.8. The van der Waals surface area contributed by atoms with Gasteiger partial charge < -0.3 is 0 Å². The predicted molar refractivity (Wildman–Crippen MR) is 50.9 cm³/mol. The highest BCUT2D eigenvalue weighted by molar-refractivity contribution is 5.37. The highest BCUT2D eigenvalue weighted by Crippen LogP contribution is 2.30. The van der Waals surface area contributed by atoms with Gasteiger partial charge in [-0.3, -0.25) is 0 Å². The van der Waals surface area contributed by atoms with E-state index in [9.17, 15) is 13.2 Å². The van der Waals surface area contributed by atoms with Gasteiger partial charge >= 0.3 is 0 Å². The molecule has 0 aliphatic heterocycles. The lowest BCUT2D eigenvalue weighted by atomic mass is 10.1. The molecular weight excluding hydrogens is 219 g/mol. The molecule has 0 fully saturated rings. The van der Waals surface area contributed by atoms with E-state index < -0.39 is 17.3 Å². The summed E-state index contributed by atoms with van der Waals surface area (Å²) in [4.78, 5) is 3.68. The van der Waals surface area contributed by atoms with Crippen molar-refractivity contribution in [2.45, 2.75) is 12.8 Å². The van der Waals surface area contributed by atoms with Crippen molar-refractivity contribution in [3.8, 4) is 5.69 Å². The maximum atomic E-state index is 13.2. The molecule has 0 atom stereocenters. The van der Waals surface area contributed by atoms with Crippen molar-refractivity contribution in [2.75, 3.05) is 0 Å². The molecular formula is C10H8F3N3. The average molecular weight is 227 g/mol. The summed E-state index contributed by atoms with van der Waals surface area (Å²) in [5.41, 5.74) is -0.309. The maximum absolute atomic E-state index is 13.2. The van der Waals surface area contributed by atoms with Crippen LogP contribution in [0.25, 0.3) is 5.69 Å². The van der Waals surface area contributed by atoms with Crippen LogP contribution < -0.4 is 0 Å². The van der Waals surface area contributed by atoms with Gasteiger partial charge in [-0.2, -0.15) is 5.10 Å². The van der Waals surface area contributed by atoms with Crippen LogP contribution in [0.2, 0.25) is 0 Å². The number of benzene rings is 1. The quantitative estimate of drug-likeness (QED) is 0.789. The molecule has 0 spiro atoms. The van der Waals surface area contributed by atoms with Crippen LogP contribution in [-0.2, 0) is 5.92 Å². The minimum atomic E-state index is -3.22. The molecule has 1 heterocycles. The standard InChI is InChI=1S/C10H8F3N3/c1-10(12,13)8-4-7(2-3-9(8)11)16-6-14-5-15-16/h2-6H,1H3. The van der Waals surface area contributed by atoms with Gasteiger partial charge in [-0.1, -0.05) is 0 Å². The van der Waals surface area contributed by atoms with Crippen molar-refractivity contribution >= 4 is 0 Å². The van der Waals surface area contributed by atoms with Gasteiger partial charge in [0.15, 0.2) is 0 Å². The van der Waals surface area contributed by atoms with Gasteiger partial charge in [0.1, 0.15) is 18.5 Å². The van der Waals surface area contributed by atoms with E-state index >= 15 is 0 Å². The van der Waals surface area contributed by atoms with Gasteiger partial charge in [-0.15, -0.1) is 0 Å². The fraction of sp³-hybridized carbons (Fsp3) is 0.200. The Morgan fingerprint density at radius 3 is 2.62 bits per heavy atom. The maximum Gasteiger partial charge on any atom is 0.273 e. The van der Waals surface area contributed by atoms with Crippen LogP contribution in [0.4, 0.5) is 13.2 Å². The largest absolute Gasteiger partial charge is 0.273 e. The second-order valence-electron chi connectivity index (χ2n) is 3.39. The summed E-state index contributed by atoms with van der Waals surface area (Å²) in [6.07, 6.45) is 2.62. The van der Waals surface area contributed by atoms with Gasteiger partial charge in [0.2, 0.25) is 0 Å². The van der Waals surface area contributed by atoms with Crippen molar-refractivity contribution in [1.29, 1.82) is 0 Å². The molecule has 0 N–H and O–H groups in total. The summed E-state index contributed by atoms with van der Waals surface area (Å²) < 4.78 is 40.6. The lowest BCUT2D eigenvalue weighted by molar-refractivity contribution is 0.0137. The number of alkyl halides is 2. The minimum Gasteiger partial charge on any atom is -0.223 e. The molecule has 0 unspecified atom stereocenters. The van der Waals surface area contributed by atoms with E-state index in [1.807, 2.05) is 0 Å². The SMILES string of the molecule is CC(F)(F)c1cc(-n2cncn2)ccc1F. The zero-order valence-corrected chi connectivity index (χ0v) is 8.36. The Labute approximate surface area is 89.5 Å². The Morgan fingerprint density at radius 2 is 2.06 bits per heavy atom. The molecule has 16 heavy (non-hydrogen) atoms. The predicted octanol–water partition coefficient (Wildman–Crippen LogP) is 2.52. The number of nitrogens with zero attached hydrogens (tertiary/aromatic N) is 3. The third-order valence-corrected chi connectivity index (χ3v) is 2.11. The van der Waals surface area contributed by atoms with Crippen molar-refractivity contribution in [1.82, 2.24) is 14.8 Å². The molecule has 84 valence electrons. The van der Waals surface area contributed by atoms with Crippen LogP contribution >= 0.6 is 0 Å². The summed E-state index contributed by atoms with van der Waals surface area (Å²) in [5, 5.41) is 3.78. The molecule has 2 rings (SSSR count). The first-order chi connectivity index (χ1) is 7.48. The van der Waals surface area contributed by atoms with E-state index in [1.54, 1.807) is 0 Å². The van der Waals surface area contributed by atoms with E-state index in [0.717, 1.165) is 12.1 Å². The summed E-state index contributed by atoms with van der Waals surface area (Å²) in [5.74, 6) is -4.16. The highest BCUT2D eigenvalue weighted by Gasteiger charge is 2.28. The number of halogens is 3.